The number of rotatable bonds is 4. The Morgan fingerprint density at radius 1 is 1.50 bits per heavy atom. The fraction of sp³-hybridized carbons (Fsp3) is 0.300. The van der Waals surface area contributed by atoms with E-state index in [0.717, 1.165) is 5.56 Å². The minimum absolute atomic E-state index is 0.0907. The van der Waals surface area contributed by atoms with Crippen LogP contribution in [0.25, 0.3) is 0 Å². The van der Waals surface area contributed by atoms with E-state index in [1.54, 1.807) is 13.0 Å². The summed E-state index contributed by atoms with van der Waals surface area (Å²) in [5.41, 5.74) is 1.49. The summed E-state index contributed by atoms with van der Waals surface area (Å²) in [5.74, 6) is 0.726. The Bertz CT molecular complexity index is 583. The third-order valence-electron chi connectivity index (χ3n) is 2.66. The molecule has 1 aromatic heterocycles. The molecule has 94 valence electrons. The third kappa shape index (κ3) is 2.30. The molecular weight excluding hydrogens is 258 g/mol. The maximum atomic E-state index is 10.8. The van der Waals surface area contributed by atoms with E-state index in [4.69, 9.17) is 11.6 Å². The van der Waals surface area contributed by atoms with Gasteiger partial charge < -0.3 is 0 Å². The van der Waals surface area contributed by atoms with Crippen molar-refractivity contribution in [3.63, 3.8) is 0 Å². The van der Waals surface area contributed by atoms with E-state index in [0.29, 0.717) is 17.9 Å². The molecule has 0 spiro atoms. The number of tetrazole rings is 1. The van der Waals surface area contributed by atoms with Gasteiger partial charge in [0.1, 0.15) is 0 Å². The standard InChI is InChI=1S/C10H10ClN5O2/c1-7-8(3-2-4-9(7)16(17)18)6-15-10(5-11)12-13-14-15/h2-4H,5-6H2,1H3. The van der Waals surface area contributed by atoms with E-state index in [1.165, 1.54) is 10.7 Å². The molecule has 2 aromatic rings. The van der Waals surface area contributed by atoms with Crippen molar-refractivity contribution in [2.24, 2.45) is 0 Å². The number of halogens is 1. The monoisotopic (exact) mass is 267 g/mol. The van der Waals surface area contributed by atoms with Gasteiger partial charge in [0.2, 0.25) is 0 Å². The van der Waals surface area contributed by atoms with E-state index in [9.17, 15) is 10.1 Å². The van der Waals surface area contributed by atoms with Crippen LogP contribution in [-0.2, 0) is 12.4 Å². The molecule has 8 heteroatoms. The molecule has 0 amide bonds. The molecule has 0 fully saturated rings. The van der Waals surface area contributed by atoms with Crippen LogP contribution >= 0.6 is 11.6 Å². The van der Waals surface area contributed by atoms with E-state index in [-0.39, 0.29) is 11.6 Å². The average molecular weight is 268 g/mol. The molecule has 1 aromatic carbocycles. The van der Waals surface area contributed by atoms with Gasteiger partial charge in [0.25, 0.3) is 5.69 Å². The molecule has 0 saturated heterocycles. The van der Waals surface area contributed by atoms with Crippen molar-refractivity contribution in [2.75, 3.05) is 0 Å². The fourth-order valence-corrected chi connectivity index (χ4v) is 1.83. The molecule has 0 unspecified atom stereocenters. The van der Waals surface area contributed by atoms with Gasteiger partial charge in [0.15, 0.2) is 5.82 Å². The van der Waals surface area contributed by atoms with Crippen LogP contribution in [0.4, 0.5) is 5.69 Å². The summed E-state index contributed by atoms with van der Waals surface area (Å²) in [4.78, 5) is 10.4. The number of aromatic nitrogens is 4. The normalized spacial score (nSPS) is 10.6. The number of benzene rings is 1. The zero-order chi connectivity index (χ0) is 13.1. The van der Waals surface area contributed by atoms with Gasteiger partial charge in [-0.25, -0.2) is 4.68 Å². The third-order valence-corrected chi connectivity index (χ3v) is 2.90. The van der Waals surface area contributed by atoms with Gasteiger partial charge in [0, 0.05) is 11.6 Å². The topological polar surface area (TPSA) is 86.7 Å². The van der Waals surface area contributed by atoms with Crippen LogP contribution in [-0.4, -0.2) is 25.1 Å². The highest BCUT2D eigenvalue weighted by Crippen LogP contribution is 2.21. The number of alkyl halides is 1. The van der Waals surface area contributed by atoms with Gasteiger partial charge >= 0.3 is 0 Å². The lowest BCUT2D eigenvalue weighted by Crippen LogP contribution is -2.08. The first-order chi connectivity index (χ1) is 8.63. The summed E-state index contributed by atoms with van der Waals surface area (Å²) in [6.07, 6.45) is 0. The highest BCUT2D eigenvalue weighted by atomic mass is 35.5. The number of nitro benzene ring substituents is 1. The van der Waals surface area contributed by atoms with Crippen molar-refractivity contribution in [1.82, 2.24) is 20.2 Å². The second-order valence-electron chi connectivity index (χ2n) is 3.70. The van der Waals surface area contributed by atoms with Crippen molar-refractivity contribution in [3.05, 3.63) is 45.3 Å². The Morgan fingerprint density at radius 3 is 2.94 bits per heavy atom. The zero-order valence-corrected chi connectivity index (χ0v) is 10.3. The Labute approximate surface area is 108 Å². The summed E-state index contributed by atoms with van der Waals surface area (Å²) >= 11 is 5.69. The molecule has 0 saturated carbocycles. The highest BCUT2D eigenvalue weighted by molar-refractivity contribution is 6.16. The molecule has 0 aliphatic rings. The van der Waals surface area contributed by atoms with Gasteiger partial charge in [-0.2, -0.15) is 0 Å². The molecule has 0 bridgehead atoms. The second kappa shape index (κ2) is 5.09. The number of hydrogen-bond acceptors (Lipinski definition) is 5. The number of hydrogen-bond donors (Lipinski definition) is 0. The second-order valence-corrected chi connectivity index (χ2v) is 3.97. The predicted octanol–water partition coefficient (Wildman–Crippen LogP) is 1.68. The molecule has 18 heavy (non-hydrogen) atoms. The first-order valence-corrected chi connectivity index (χ1v) is 5.71. The lowest BCUT2D eigenvalue weighted by atomic mass is 10.1. The van der Waals surface area contributed by atoms with E-state index in [2.05, 4.69) is 15.5 Å². The number of nitrogens with zero attached hydrogens (tertiary/aromatic N) is 5. The van der Waals surface area contributed by atoms with Crippen molar-refractivity contribution >= 4 is 17.3 Å². The lowest BCUT2D eigenvalue weighted by molar-refractivity contribution is -0.385. The van der Waals surface area contributed by atoms with Gasteiger partial charge in [-0.1, -0.05) is 12.1 Å². The van der Waals surface area contributed by atoms with Crippen LogP contribution in [0.5, 0.6) is 0 Å². The van der Waals surface area contributed by atoms with E-state index < -0.39 is 4.92 Å². The maximum Gasteiger partial charge on any atom is 0.272 e. The van der Waals surface area contributed by atoms with Crippen LogP contribution in [0, 0.1) is 17.0 Å². The molecule has 0 aliphatic heterocycles. The largest absolute Gasteiger partial charge is 0.272 e. The smallest absolute Gasteiger partial charge is 0.258 e. The molecular formula is C10H10ClN5O2. The first-order valence-electron chi connectivity index (χ1n) is 5.17. The van der Waals surface area contributed by atoms with Crippen LogP contribution in [0.3, 0.4) is 0 Å². The highest BCUT2D eigenvalue weighted by Gasteiger charge is 2.14. The first kappa shape index (κ1) is 12.4. The van der Waals surface area contributed by atoms with Gasteiger partial charge in [-0.05, 0) is 22.9 Å². The molecule has 0 N–H and O–H groups in total. The fourth-order valence-electron chi connectivity index (χ4n) is 1.64. The minimum Gasteiger partial charge on any atom is -0.258 e. The maximum absolute atomic E-state index is 10.8. The van der Waals surface area contributed by atoms with Crippen molar-refractivity contribution < 1.29 is 4.92 Å². The molecule has 0 aliphatic carbocycles. The Hall–Kier alpha value is -2.02. The summed E-state index contributed by atoms with van der Waals surface area (Å²) in [6, 6.07) is 4.92. The molecule has 2 rings (SSSR count). The van der Waals surface area contributed by atoms with Gasteiger partial charge in [-0.15, -0.1) is 16.7 Å². The Morgan fingerprint density at radius 2 is 2.28 bits per heavy atom. The minimum atomic E-state index is -0.402. The zero-order valence-electron chi connectivity index (χ0n) is 9.58. The molecule has 7 nitrogen and oxygen atoms in total. The Kier molecular flexibility index (Phi) is 3.52. The van der Waals surface area contributed by atoms with Gasteiger partial charge in [0.05, 0.1) is 17.3 Å². The van der Waals surface area contributed by atoms with Crippen LogP contribution < -0.4 is 0 Å². The predicted molar refractivity (Wildman–Crippen MR) is 64.3 cm³/mol. The van der Waals surface area contributed by atoms with Crippen molar-refractivity contribution in [1.29, 1.82) is 0 Å². The molecule has 0 atom stereocenters. The van der Waals surface area contributed by atoms with Crippen LogP contribution in [0.15, 0.2) is 18.2 Å². The van der Waals surface area contributed by atoms with Crippen molar-refractivity contribution in [3.8, 4) is 0 Å². The summed E-state index contributed by atoms with van der Waals surface area (Å²) in [6.45, 7) is 2.07. The number of nitro groups is 1. The summed E-state index contributed by atoms with van der Waals surface area (Å²) in [7, 11) is 0. The van der Waals surface area contributed by atoms with Crippen LogP contribution in [0.2, 0.25) is 0 Å². The molecule has 0 radical (unpaired) electrons. The molecule has 1 heterocycles. The quantitative estimate of drug-likeness (QED) is 0.478. The average Bonchev–Trinajstić information content (AvgIpc) is 2.78. The summed E-state index contributed by atoms with van der Waals surface area (Å²) < 4.78 is 1.53. The van der Waals surface area contributed by atoms with E-state index >= 15 is 0 Å². The van der Waals surface area contributed by atoms with Crippen molar-refractivity contribution in [2.45, 2.75) is 19.3 Å². The Balaban J connectivity index is 2.35. The van der Waals surface area contributed by atoms with Gasteiger partial charge in [-0.3, -0.25) is 10.1 Å². The van der Waals surface area contributed by atoms with E-state index in [1.807, 2.05) is 6.07 Å². The van der Waals surface area contributed by atoms with Crippen LogP contribution in [0.1, 0.15) is 17.0 Å². The summed E-state index contributed by atoms with van der Waals surface area (Å²) in [5, 5.41) is 21.9. The SMILES string of the molecule is Cc1c(Cn2nnnc2CCl)cccc1[N+](=O)[O-]. The lowest BCUT2D eigenvalue weighted by Gasteiger charge is -2.06.